The first-order valence-corrected chi connectivity index (χ1v) is 10.4. The van der Waals surface area contributed by atoms with E-state index in [-0.39, 0.29) is 25.1 Å². The highest BCUT2D eigenvalue weighted by atomic mass is 19.3. The number of rotatable bonds is 6. The molecule has 0 aliphatic carbocycles. The van der Waals surface area contributed by atoms with E-state index in [1.165, 1.54) is 0 Å². The molecule has 0 radical (unpaired) electrons. The van der Waals surface area contributed by atoms with E-state index in [1.807, 2.05) is 0 Å². The van der Waals surface area contributed by atoms with Crippen molar-refractivity contribution in [3.63, 3.8) is 0 Å². The van der Waals surface area contributed by atoms with Gasteiger partial charge in [-0.1, -0.05) is 18.2 Å². The highest BCUT2D eigenvalue weighted by Gasteiger charge is 2.43. The molecule has 0 bridgehead atoms. The Balaban J connectivity index is 1.93. The van der Waals surface area contributed by atoms with E-state index in [1.54, 1.807) is 45.0 Å². The van der Waals surface area contributed by atoms with Gasteiger partial charge in [0, 0.05) is 13.0 Å². The molecule has 2 atom stereocenters. The summed E-state index contributed by atoms with van der Waals surface area (Å²) in [5.41, 5.74) is -0.325. The molecule has 1 fully saturated rings. The fourth-order valence-corrected chi connectivity index (χ4v) is 3.85. The van der Waals surface area contributed by atoms with Gasteiger partial charge < -0.3 is 9.84 Å². The molecule has 32 heavy (non-hydrogen) atoms. The number of para-hydroxylation sites is 2. The number of carboxylic acid groups (broad SMARTS) is 1. The first-order chi connectivity index (χ1) is 14.9. The van der Waals surface area contributed by atoms with Crippen molar-refractivity contribution in [1.82, 2.24) is 14.9 Å². The Kier molecular flexibility index (Phi) is 6.48. The van der Waals surface area contributed by atoms with Gasteiger partial charge in [-0.25, -0.2) is 19.6 Å². The van der Waals surface area contributed by atoms with Crippen LogP contribution in [0.25, 0.3) is 11.0 Å². The van der Waals surface area contributed by atoms with Gasteiger partial charge in [0.05, 0.1) is 16.7 Å². The van der Waals surface area contributed by atoms with Crippen LogP contribution in [0.15, 0.2) is 36.9 Å². The molecule has 9 heteroatoms. The highest BCUT2D eigenvalue weighted by Crippen LogP contribution is 2.36. The molecule has 7 nitrogen and oxygen atoms in total. The summed E-state index contributed by atoms with van der Waals surface area (Å²) in [6, 6.07) is 5.63. The van der Waals surface area contributed by atoms with Crippen LogP contribution in [0.2, 0.25) is 0 Å². The quantitative estimate of drug-likeness (QED) is 0.653. The number of carboxylic acids is 1. The van der Waals surface area contributed by atoms with Crippen molar-refractivity contribution in [2.45, 2.75) is 57.6 Å². The van der Waals surface area contributed by atoms with Crippen LogP contribution >= 0.6 is 0 Å². The minimum Gasteiger partial charge on any atom is -0.480 e. The molecule has 3 rings (SSSR count). The molecular formula is C23H27F2N3O4. The number of likely N-dealkylation sites (tertiary alicyclic amines) is 1. The minimum atomic E-state index is -3.27. The predicted octanol–water partition coefficient (Wildman–Crippen LogP) is 4.55. The number of aliphatic carboxylic acids is 1. The molecule has 1 aromatic heterocycles. The van der Waals surface area contributed by atoms with Gasteiger partial charge in [0.1, 0.15) is 17.3 Å². The van der Waals surface area contributed by atoms with Gasteiger partial charge in [0.15, 0.2) is 0 Å². The summed E-state index contributed by atoms with van der Waals surface area (Å²) in [7, 11) is 0. The van der Waals surface area contributed by atoms with E-state index in [4.69, 9.17) is 4.74 Å². The predicted molar refractivity (Wildman–Crippen MR) is 114 cm³/mol. The monoisotopic (exact) mass is 447 g/mol. The van der Waals surface area contributed by atoms with Crippen LogP contribution in [-0.2, 0) is 21.9 Å². The maximum absolute atomic E-state index is 14.9. The number of hydrogen-bond acceptors (Lipinski definition) is 5. The number of alkyl halides is 2. The molecular weight excluding hydrogens is 420 g/mol. The molecule has 2 heterocycles. The lowest BCUT2D eigenvalue weighted by Crippen LogP contribution is -2.43. The maximum atomic E-state index is 14.9. The smallest absolute Gasteiger partial charge is 0.411 e. The number of fused-ring (bicyclic) bond motifs is 1. The molecule has 0 spiro atoms. The summed E-state index contributed by atoms with van der Waals surface area (Å²) in [5, 5.41) is 9.60. The number of carbonyl (C=O) groups excluding carboxylic acids is 1. The number of carbonyl (C=O) groups is 2. The fraction of sp³-hybridized carbons (Fsp3) is 0.478. The topological polar surface area (TPSA) is 92.6 Å². The number of hydrogen-bond donors (Lipinski definition) is 1. The summed E-state index contributed by atoms with van der Waals surface area (Å²) < 4.78 is 35.1. The first-order valence-electron chi connectivity index (χ1n) is 10.4. The molecule has 1 saturated heterocycles. The van der Waals surface area contributed by atoms with Crippen LogP contribution in [0.1, 0.15) is 45.0 Å². The van der Waals surface area contributed by atoms with E-state index in [9.17, 15) is 23.5 Å². The van der Waals surface area contributed by atoms with Crippen LogP contribution in [0.3, 0.4) is 0 Å². The zero-order chi connectivity index (χ0) is 23.7. The number of allylic oxidation sites excluding steroid dienone is 1. The summed E-state index contributed by atoms with van der Waals surface area (Å²) in [6.45, 7) is 8.53. The standard InChI is InChI=1S/C23H27F2N3O4/c1-5-10-23(24,25)19-17(26-15-8-6-7-9-16(15)27-19)11-14-12-18(20(29)30)28(13-14)21(31)32-22(2,3)4/h5-9,14,18H,1,10-13H2,2-4H3,(H,29,30)/t14-,18+/m1/s1. The summed E-state index contributed by atoms with van der Waals surface area (Å²) in [5.74, 6) is -4.83. The second-order valence-electron chi connectivity index (χ2n) is 9.00. The zero-order valence-corrected chi connectivity index (χ0v) is 18.3. The van der Waals surface area contributed by atoms with Crippen LogP contribution in [0.5, 0.6) is 0 Å². The Morgan fingerprint density at radius 2 is 1.88 bits per heavy atom. The molecule has 1 amide bonds. The number of ether oxygens (including phenoxy) is 1. The molecule has 2 aromatic rings. The molecule has 1 aliphatic heterocycles. The van der Waals surface area contributed by atoms with Crippen molar-refractivity contribution < 1.29 is 28.2 Å². The van der Waals surface area contributed by atoms with Crippen LogP contribution in [0.4, 0.5) is 13.6 Å². The number of benzene rings is 1. The highest BCUT2D eigenvalue weighted by molar-refractivity contribution is 5.81. The molecule has 1 aromatic carbocycles. The molecule has 1 N–H and O–H groups in total. The van der Waals surface area contributed by atoms with E-state index >= 15 is 0 Å². The zero-order valence-electron chi connectivity index (χ0n) is 18.3. The Bertz CT molecular complexity index is 1040. The second-order valence-corrected chi connectivity index (χ2v) is 9.00. The fourth-order valence-electron chi connectivity index (χ4n) is 3.85. The number of halogens is 2. The number of nitrogens with zero attached hydrogens (tertiary/aromatic N) is 3. The SMILES string of the molecule is C=CCC(F)(F)c1nc2ccccc2nc1C[C@@H]1C[C@@H](C(=O)O)N(C(=O)OC(C)(C)C)C1. The van der Waals surface area contributed by atoms with Gasteiger partial charge in [-0.2, -0.15) is 8.78 Å². The van der Waals surface area contributed by atoms with Gasteiger partial charge >= 0.3 is 12.1 Å². The lowest BCUT2D eigenvalue weighted by molar-refractivity contribution is -0.142. The van der Waals surface area contributed by atoms with E-state index in [0.717, 1.165) is 11.0 Å². The van der Waals surface area contributed by atoms with Gasteiger partial charge in [0.25, 0.3) is 5.92 Å². The molecule has 0 unspecified atom stereocenters. The Hall–Kier alpha value is -3.10. The van der Waals surface area contributed by atoms with Crippen LogP contribution in [-0.4, -0.2) is 50.2 Å². The van der Waals surface area contributed by atoms with E-state index in [2.05, 4.69) is 16.5 Å². The third-order valence-corrected chi connectivity index (χ3v) is 5.17. The Morgan fingerprint density at radius 3 is 2.44 bits per heavy atom. The minimum absolute atomic E-state index is 0.0585. The van der Waals surface area contributed by atoms with Crippen molar-refractivity contribution in [2.24, 2.45) is 5.92 Å². The van der Waals surface area contributed by atoms with Crippen molar-refractivity contribution in [1.29, 1.82) is 0 Å². The van der Waals surface area contributed by atoms with Crippen molar-refractivity contribution in [3.05, 3.63) is 48.3 Å². The van der Waals surface area contributed by atoms with Crippen molar-refractivity contribution in [2.75, 3.05) is 6.54 Å². The van der Waals surface area contributed by atoms with Crippen LogP contribution in [0, 0.1) is 5.92 Å². The summed E-state index contributed by atoms with van der Waals surface area (Å²) >= 11 is 0. The van der Waals surface area contributed by atoms with E-state index < -0.39 is 47.7 Å². The molecule has 172 valence electrons. The van der Waals surface area contributed by atoms with Crippen LogP contribution < -0.4 is 0 Å². The Morgan fingerprint density at radius 1 is 1.25 bits per heavy atom. The average molecular weight is 447 g/mol. The lowest BCUT2D eigenvalue weighted by atomic mass is 9.96. The molecule has 1 aliphatic rings. The van der Waals surface area contributed by atoms with Gasteiger partial charge in [0.2, 0.25) is 0 Å². The van der Waals surface area contributed by atoms with E-state index in [0.29, 0.717) is 11.0 Å². The van der Waals surface area contributed by atoms with Crippen molar-refractivity contribution >= 4 is 23.1 Å². The second kappa shape index (κ2) is 8.80. The van der Waals surface area contributed by atoms with Crippen molar-refractivity contribution in [3.8, 4) is 0 Å². The third-order valence-electron chi connectivity index (χ3n) is 5.17. The number of amides is 1. The Labute approximate surface area is 185 Å². The largest absolute Gasteiger partial charge is 0.480 e. The summed E-state index contributed by atoms with van der Waals surface area (Å²) in [6.07, 6.45) is -0.0481. The number of aromatic nitrogens is 2. The maximum Gasteiger partial charge on any atom is 0.411 e. The summed E-state index contributed by atoms with van der Waals surface area (Å²) in [4.78, 5) is 34.1. The third kappa shape index (κ3) is 5.20. The first kappa shape index (κ1) is 23.6. The lowest BCUT2D eigenvalue weighted by Gasteiger charge is -2.26. The van der Waals surface area contributed by atoms with Gasteiger partial charge in [-0.3, -0.25) is 4.90 Å². The average Bonchev–Trinajstić information content (AvgIpc) is 3.10. The van der Waals surface area contributed by atoms with Gasteiger partial charge in [-0.05, 0) is 51.7 Å². The normalized spacial score (nSPS) is 19.2. The molecule has 0 saturated carbocycles. The van der Waals surface area contributed by atoms with Gasteiger partial charge in [-0.15, -0.1) is 6.58 Å².